The van der Waals surface area contributed by atoms with Crippen LogP contribution in [0.25, 0.3) is 5.57 Å². The summed E-state index contributed by atoms with van der Waals surface area (Å²) in [5.74, 6) is 0.206. The summed E-state index contributed by atoms with van der Waals surface area (Å²) in [6.07, 6.45) is 0.887. The summed E-state index contributed by atoms with van der Waals surface area (Å²) in [7, 11) is 0. The first kappa shape index (κ1) is 14.1. The van der Waals surface area contributed by atoms with Crippen molar-refractivity contribution in [3.8, 4) is 5.75 Å². The highest BCUT2D eigenvalue weighted by molar-refractivity contribution is 8.26. The van der Waals surface area contributed by atoms with Crippen LogP contribution in [0.15, 0.2) is 29.2 Å². The van der Waals surface area contributed by atoms with E-state index < -0.39 is 0 Å². The second kappa shape index (κ2) is 5.75. The molecule has 0 aromatic heterocycles. The Hall–Kier alpha value is -1.33. The molecule has 0 radical (unpaired) electrons. The molecule has 1 amide bonds. The first-order chi connectivity index (χ1) is 9.04. The molecule has 2 rings (SSSR count). The molecule has 1 N–H and O–H groups in total. The minimum absolute atomic E-state index is 0.0116. The van der Waals surface area contributed by atoms with E-state index in [0.717, 1.165) is 17.6 Å². The second-order valence-corrected chi connectivity index (χ2v) is 5.97. The molecular formula is C14H15NO2S2. The van der Waals surface area contributed by atoms with Crippen LogP contribution in [0, 0.1) is 0 Å². The lowest BCUT2D eigenvalue weighted by Gasteiger charge is -2.12. The van der Waals surface area contributed by atoms with Crippen LogP contribution in [-0.4, -0.2) is 26.8 Å². The maximum atomic E-state index is 12.3. The van der Waals surface area contributed by atoms with Gasteiger partial charge in [-0.25, -0.2) is 0 Å². The summed E-state index contributed by atoms with van der Waals surface area (Å²) < 4.78 is 0.625. The van der Waals surface area contributed by atoms with E-state index in [4.69, 9.17) is 12.2 Å². The quantitative estimate of drug-likeness (QED) is 0.685. The van der Waals surface area contributed by atoms with E-state index >= 15 is 0 Å². The summed E-state index contributed by atoms with van der Waals surface area (Å²) in [6, 6.07) is 6.84. The minimum Gasteiger partial charge on any atom is -0.508 e. The average molecular weight is 293 g/mol. The Balaban J connectivity index is 2.35. The zero-order valence-electron chi connectivity index (χ0n) is 10.8. The number of carbonyl (C=O) groups is 1. The lowest BCUT2D eigenvalue weighted by molar-refractivity contribution is -0.122. The van der Waals surface area contributed by atoms with Crippen molar-refractivity contribution in [3.63, 3.8) is 0 Å². The molecule has 0 atom stereocenters. The molecule has 0 aliphatic carbocycles. The van der Waals surface area contributed by atoms with Crippen LogP contribution >= 0.6 is 24.0 Å². The summed E-state index contributed by atoms with van der Waals surface area (Å²) in [5, 5.41) is 9.29. The summed E-state index contributed by atoms with van der Waals surface area (Å²) in [4.78, 5) is 14.6. The highest BCUT2D eigenvalue weighted by Crippen LogP contribution is 2.36. The minimum atomic E-state index is -0.0116. The predicted molar refractivity (Wildman–Crippen MR) is 82.9 cm³/mol. The van der Waals surface area contributed by atoms with Crippen LogP contribution < -0.4 is 0 Å². The number of aromatic hydroxyl groups is 1. The highest BCUT2D eigenvalue weighted by atomic mass is 32.2. The van der Waals surface area contributed by atoms with Gasteiger partial charge in [0.25, 0.3) is 5.91 Å². The number of thiocarbonyl (C=S) groups is 1. The molecule has 0 bridgehead atoms. The molecule has 1 aliphatic rings. The van der Waals surface area contributed by atoms with Crippen LogP contribution in [0.2, 0.25) is 0 Å². The van der Waals surface area contributed by atoms with Gasteiger partial charge >= 0.3 is 0 Å². The molecule has 1 aliphatic heterocycles. The van der Waals surface area contributed by atoms with Crippen molar-refractivity contribution < 1.29 is 9.90 Å². The van der Waals surface area contributed by atoms with Gasteiger partial charge in [0.05, 0.1) is 4.91 Å². The van der Waals surface area contributed by atoms with Gasteiger partial charge in [-0.05, 0) is 36.6 Å². The molecule has 5 heteroatoms. The van der Waals surface area contributed by atoms with Crippen molar-refractivity contribution in [1.82, 2.24) is 4.90 Å². The molecule has 1 aromatic carbocycles. The molecule has 1 saturated heterocycles. The van der Waals surface area contributed by atoms with Gasteiger partial charge in [0, 0.05) is 6.54 Å². The Bertz CT molecular complexity index is 549. The molecule has 100 valence electrons. The normalized spacial score (nSPS) is 18.1. The number of carbonyl (C=O) groups excluding carboxylic acids is 1. The fraction of sp³-hybridized carbons (Fsp3) is 0.286. The topological polar surface area (TPSA) is 40.5 Å². The van der Waals surface area contributed by atoms with Crippen LogP contribution in [0.4, 0.5) is 0 Å². The maximum Gasteiger partial charge on any atom is 0.266 e. The number of allylic oxidation sites excluding steroid dienone is 1. The Labute approximate surface area is 122 Å². The van der Waals surface area contributed by atoms with Gasteiger partial charge in [0.1, 0.15) is 10.1 Å². The zero-order chi connectivity index (χ0) is 14.0. The van der Waals surface area contributed by atoms with Crippen LogP contribution in [0.3, 0.4) is 0 Å². The average Bonchev–Trinajstić information content (AvgIpc) is 2.67. The predicted octanol–water partition coefficient (Wildman–Crippen LogP) is 3.39. The van der Waals surface area contributed by atoms with Gasteiger partial charge < -0.3 is 5.11 Å². The number of hydrogen-bond acceptors (Lipinski definition) is 4. The number of rotatable bonds is 3. The maximum absolute atomic E-state index is 12.3. The van der Waals surface area contributed by atoms with Crippen molar-refractivity contribution in [2.45, 2.75) is 20.3 Å². The number of phenolic OH excluding ortho intramolecular Hbond substituents is 1. The van der Waals surface area contributed by atoms with Crippen LogP contribution in [-0.2, 0) is 4.79 Å². The molecule has 1 aromatic rings. The zero-order valence-corrected chi connectivity index (χ0v) is 12.5. The van der Waals surface area contributed by atoms with Gasteiger partial charge in [0.2, 0.25) is 0 Å². The van der Waals surface area contributed by atoms with E-state index in [9.17, 15) is 9.90 Å². The molecule has 0 spiro atoms. The van der Waals surface area contributed by atoms with Gasteiger partial charge in [-0.1, -0.05) is 43.0 Å². The van der Waals surface area contributed by atoms with Gasteiger partial charge in [-0.15, -0.1) is 0 Å². The molecule has 3 nitrogen and oxygen atoms in total. The fourth-order valence-corrected chi connectivity index (χ4v) is 3.24. The molecule has 1 heterocycles. The van der Waals surface area contributed by atoms with E-state index in [-0.39, 0.29) is 11.7 Å². The first-order valence-corrected chi connectivity index (χ1v) is 7.31. The summed E-state index contributed by atoms with van der Waals surface area (Å²) in [5.41, 5.74) is 1.82. The number of hydrogen-bond donors (Lipinski definition) is 1. The number of thioether (sulfide) groups is 1. The fourth-order valence-electron chi connectivity index (χ4n) is 1.89. The Morgan fingerprint density at radius 1 is 1.37 bits per heavy atom. The van der Waals surface area contributed by atoms with Crippen molar-refractivity contribution >= 4 is 39.8 Å². The lowest BCUT2D eigenvalue weighted by atomic mass is 10.1. The Morgan fingerprint density at radius 2 is 2.00 bits per heavy atom. The summed E-state index contributed by atoms with van der Waals surface area (Å²) in [6.45, 7) is 4.59. The molecule has 0 unspecified atom stereocenters. The number of phenols is 1. The molecule has 0 saturated carbocycles. The smallest absolute Gasteiger partial charge is 0.266 e. The monoisotopic (exact) mass is 293 g/mol. The van der Waals surface area contributed by atoms with Crippen LogP contribution in [0.5, 0.6) is 5.75 Å². The lowest BCUT2D eigenvalue weighted by Crippen LogP contribution is -2.28. The third-order valence-corrected chi connectivity index (χ3v) is 4.49. The third-order valence-electron chi connectivity index (χ3n) is 2.94. The largest absolute Gasteiger partial charge is 0.508 e. The number of benzene rings is 1. The Kier molecular flexibility index (Phi) is 4.27. The SMILES string of the molecule is CCCN1C(=O)/C(=C(\C)c2ccc(O)cc2)SC1=S. The van der Waals surface area contributed by atoms with Crippen molar-refractivity contribution in [2.75, 3.05) is 6.54 Å². The van der Waals surface area contributed by atoms with Gasteiger partial charge in [0.15, 0.2) is 0 Å². The second-order valence-electron chi connectivity index (χ2n) is 4.33. The number of nitrogens with zero attached hydrogens (tertiary/aromatic N) is 1. The molecule has 1 fully saturated rings. The van der Waals surface area contributed by atoms with Gasteiger partial charge in [-0.2, -0.15) is 0 Å². The Morgan fingerprint density at radius 3 is 2.58 bits per heavy atom. The third kappa shape index (κ3) is 2.82. The van der Waals surface area contributed by atoms with E-state index in [1.807, 2.05) is 13.8 Å². The van der Waals surface area contributed by atoms with Gasteiger partial charge in [-0.3, -0.25) is 9.69 Å². The number of amides is 1. The van der Waals surface area contributed by atoms with Crippen molar-refractivity contribution in [1.29, 1.82) is 0 Å². The van der Waals surface area contributed by atoms with Crippen LogP contribution in [0.1, 0.15) is 25.8 Å². The van der Waals surface area contributed by atoms with E-state index in [1.165, 1.54) is 11.8 Å². The highest BCUT2D eigenvalue weighted by Gasteiger charge is 2.32. The molecular weight excluding hydrogens is 278 g/mol. The first-order valence-electron chi connectivity index (χ1n) is 6.08. The van der Waals surface area contributed by atoms with E-state index in [1.54, 1.807) is 29.2 Å². The summed E-state index contributed by atoms with van der Waals surface area (Å²) >= 11 is 6.60. The standard InChI is InChI=1S/C14H15NO2S2/c1-3-8-15-13(17)12(19-14(15)18)9(2)10-4-6-11(16)7-5-10/h4-7,16H,3,8H2,1-2H3/b12-9-. The van der Waals surface area contributed by atoms with Crippen molar-refractivity contribution in [2.24, 2.45) is 0 Å². The van der Waals surface area contributed by atoms with E-state index in [0.29, 0.717) is 15.8 Å². The van der Waals surface area contributed by atoms with Crippen molar-refractivity contribution in [3.05, 3.63) is 34.7 Å². The van der Waals surface area contributed by atoms with E-state index in [2.05, 4.69) is 0 Å². The molecule has 19 heavy (non-hydrogen) atoms.